The second kappa shape index (κ2) is 5.55. The number of amides is 1. The van der Waals surface area contributed by atoms with Crippen molar-refractivity contribution in [3.8, 4) is 0 Å². The second-order valence-corrected chi connectivity index (χ2v) is 5.68. The minimum absolute atomic E-state index is 0.00737. The number of ether oxygens (including phenoxy) is 1. The first-order valence-corrected chi connectivity index (χ1v) is 6.86. The summed E-state index contributed by atoms with van der Waals surface area (Å²) in [5, 5.41) is 12.6. The van der Waals surface area contributed by atoms with Crippen LogP contribution in [0.2, 0.25) is 0 Å². The number of carbonyl (C=O) groups is 1. The maximum absolute atomic E-state index is 12.6. The molecule has 18 heavy (non-hydrogen) atoms. The normalized spacial score (nSPS) is 37.6. The van der Waals surface area contributed by atoms with Crippen LogP contribution in [0.3, 0.4) is 0 Å². The Morgan fingerprint density at radius 3 is 2.89 bits per heavy atom. The number of nitrogens with zero attached hydrogens (tertiary/aromatic N) is 1. The Hall–Kier alpha value is -0.650. The van der Waals surface area contributed by atoms with Crippen molar-refractivity contribution < 1.29 is 14.6 Å². The fourth-order valence-electron chi connectivity index (χ4n) is 2.90. The monoisotopic (exact) mass is 256 g/mol. The molecule has 2 aliphatic rings. The van der Waals surface area contributed by atoms with E-state index >= 15 is 0 Å². The first kappa shape index (κ1) is 13.8. The fraction of sp³-hybridized carbons (Fsp3) is 0.923. The molecule has 0 saturated carbocycles. The summed E-state index contributed by atoms with van der Waals surface area (Å²) < 4.78 is 5.57. The van der Waals surface area contributed by atoms with Gasteiger partial charge in [0, 0.05) is 13.1 Å². The van der Waals surface area contributed by atoms with E-state index in [2.05, 4.69) is 5.32 Å². The molecule has 2 rings (SSSR count). The molecule has 0 spiro atoms. The molecule has 3 unspecified atom stereocenters. The molecular weight excluding hydrogens is 232 g/mol. The highest BCUT2D eigenvalue weighted by Crippen LogP contribution is 2.23. The van der Waals surface area contributed by atoms with Gasteiger partial charge < -0.3 is 20.1 Å². The number of piperidine rings is 1. The smallest absolute Gasteiger partial charge is 0.242 e. The van der Waals surface area contributed by atoms with Crippen LogP contribution < -0.4 is 5.32 Å². The van der Waals surface area contributed by atoms with Gasteiger partial charge >= 0.3 is 0 Å². The molecule has 2 N–H and O–H groups in total. The molecule has 0 aromatic carbocycles. The van der Waals surface area contributed by atoms with Gasteiger partial charge in [0.15, 0.2) is 0 Å². The maximum atomic E-state index is 12.6. The van der Waals surface area contributed by atoms with Gasteiger partial charge in [-0.25, -0.2) is 0 Å². The highest BCUT2D eigenvalue weighted by atomic mass is 16.5. The zero-order valence-corrected chi connectivity index (χ0v) is 11.3. The molecule has 2 aliphatic heterocycles. The minimum Gasteiger partial charge on any atom is -0.394 e. The van der Waals surface area contributed by atoms with Crippen LogP contribution in [-0.2, 0) is 9.53 Å². The third kappa shape index (κ3) is 2.84. The highest BCUT2D eigenvalue weighted by Gasteiger charge is 2.40. The quantitative estimate of drug-likeness (QED) is 0.737. The predicted octanol–water partition coefficient (Wildman–Crippen LogP) is 0.127. The summed E-state index contributed by atoms with van der Waals surface area (Å²) in [5.41, 5.74) is -0.435. The lowest BCUT2D eigenvalue weighted by Gasteiger charge is -2.42. The lowest BCUT2D eigenvalue weighted by molar-refractivity contribution is -0.154. The molecule has 5 heteroatoms. The number of rotatable bonds is 2. The second-order valence-electron chi connectivity index (χ2n) is 5.68. The van der Waals surface area contributed by atoms with Crippen LogP contribution in [0.15, 0.2) is 0 Å². The molecule has 2 fully saturated rings. The van der Waals surface area contributed by atoms with E-state index in [1.807, 2.05) is 18.7 Å². The molecule has 3 atom stereocenters. The Kier molecular flexibility index (Phi) is 4.25. The highest BCUT2D eigenvalue weighted by molar-refractivity contribution is 5.86. The Morgan fingerprint density at radius 1 is 1.50 bits per heavy atom. The molecule has 2 heterocycles. The number of hydrogen-bond donors (Lipinski definition) is 2. The zero-order valence-electron chi connectivity index (χ0n) is 11.3. The van der Waals surface area contributed by atoms with Crippen LogP contribution in [0.4, 0.5) is 0 Å². The molecule has 5 nitrogen and oxygen atoms in total. The van der Waals surface area contributed by atoms with Crippen molar-refractivity contribution in [1.82, 2.24) is 10.2 Å². The van der Waals surface area contributed by atoms with E-state index in [4.69, 9.17) is 4.74 Å². The van der Waals surface area contributed by atoms with Gasteiger partial charge in [0.2, 0.25) is 5.91 Å². The summed E-state index contributed by atoms with van der Waals surface area (Å²) in [6, 6.07) is 0. The van der Waals surface area contributed by atoms with Gasteiger partial charge in [-0.15, -0.1) is 0 Å². The number of morpholine rings is 1. The first-order chi connectivity index (χ1) is 8.55. The van der Waals surface area contributed by atoms with Gasteiger partial charge in [0.05, 0.1) is 24.4 Å². The topological polar surface area (TPSA) is 61.8 Å². The van der Waals surface area contributed by atoms with Gasteiger partial charge in [-0.2, -0.15) is 0 Å². The molecule has 104 valence electrons. The first-order valence-electron chi connectivity index (χ1n) is 6.86. The third-order valence-electron chi connectivity index (χ3n) is 3.91. The van der Waals surface area contributed by atoms with Crippen LogP contribution in [0.1, 0.15) is 33.1 Å². The van der Waals surface area contributed by atoms with E-state index in [1.54, 1.807) is 0 Å². The average Bonchev–Trinajstić information content (AvgIpc) is 2.38. The number of hydrogen-bond acceptors (Lipinski definition) is 4. The number of nitrogens with one attached hydrogen (secondary N) is 1. The molecule has 1 amide bonds. The van der Waals surface area contributed by atoms with Crippen molar-refractivity contribution in [3.63, 3.8) is 0 Å². The van der Waals surface area contributed by atoms with Gasteiger partial charge in [-0.3, -0.25) is 4.79 Å². The predicted molar refractivity (Wildman–Crippen MR) is 68.3 cm³/mol. The molecule has 0 bridgehead atoms. The van der Waals surface area contributed by atoms with E-state index in [0.717, 1.165) is 25.8 Å². The minimum atomic E-state index is -0.435. The third-order valence-corrected chi connectivity index (χ3v) is 3.91. The molecule has 2 saturated heterocycles. The largest absolute Gasteiger partial charge is 0.394 e. The summed E-state index contributed by atoms with van der Waals surface area (Å²) in [7, 11) is 0. The number of carbonyl (C=O) groups excluding carboxylic acids is 1. The van der Waals surface area contributed by atoms with E-state index < -0.39 is 5.54 Å². The Balaban J connectivity index is 2.03. The van der Waals surface area contributed by atoms with Crippen molar-refractivity contribution in [2.75, 3.05) is 26.2 Å². The van der Waals surface area contributed by atoms with Crippen LogP contribution in [-0.4, -0.2) is 59.9 Å². The number of aliphatic hydroxyl groups is 1. The van der Waals surface area contributed by atoms with E-state index in [9.17, 15) is 9.90 Å². The average molecular weight is 256 g/mol. The van der Waals surface area contributed by atoms with Gasteiger partial charge in [-0.1, -0.05) is 0 Å². The van der Waals surface area contributed by atoms with Crippen molar-refractivity contribution in [3.05, 3.63) is 0 Å². The Bertz CT molecular complexity index is 303. The summed E-state index contributed by atoms with van der Waals surface area (Å²) >= 11 is 0. The lowest BCUT2D eigenvalue weighted by atomic mass is 9.89. The fourth-order valence-corrected chi connectivity index (χ4v) is 2.90. The van der Waals surface area contributed by atoms with Gasteiger partial charge in [-0.05, 0) is 39.7 Å². The van der Waals surface area contributed by atoms with Crippen LogP contribution in [0.25, 0.3) is 0 Å². The maximum Gasteiger partial charge on any atom is 0.242 e. The van der Waals surface area contributed by atoms with E-state index in [-0.39, 0.29) is 24.7 Å². The lowest BCUT2D eigenvalue weighted by Crippen LogP contribution is -2.62. The van der Waals surface area contributed by atoms with Gasteiger partial charge in [0.25, 0.3) is 0 Å². The van der Waals surface area contributed by atoms with E-state index in [1.165, 1.54) is 0 Å². The van der Waals surface area contributed by atoms with Gasteiger partial charge in [0.1, 0.15) is 0 Å². The van der Waals surface area contributed by atoms with Crippen LogP contribution in [0, 0.1) is 0 Å². The van der Waals surface area contributed by atoms with Crippen LogP contribution >= 0.6 is 0 Å². The van der Waals surface area contributed by atoms with E-state index in [0.29, 0.717) is 13.1 Å². The Morgan fingerprint density at radius 2 is 2.28 bits per heavy atom. The van der Waals surface area contributed by atoms with Crippen molar-refractivity contribution in [2.24, 2.45) is 0 Å². The summed E-state index contributed by atoms with van der Waals surface area (Å²) in [5.74, 6) is 0.149. The molecular formula is C13H24N2O3. The summed E-state index contributed by atoms with van der Waals surface area (Å²) in [4.78, 5) is 14.4. The molecule has 0 radical (unpaired) electrons. The standard InChI is InChI=1S/C13H24N2O3/c1-10-7-15(8-11(9-16)18-10)12(17)13(2)5-3-4-6-14-13/h10-11,14,16H,3-9H2,1-2H3. The summed E-state index contributed by atoms with van der Waals surface area (Å²) in [6.45, 7) is 5.93. The molecule has 0 aromatic heterocycles. The van der Waals surface area contributed by atoms with Crippen molar-refractivity contribution in [1.29, 1.82) is 0 Å². The number of aliphatic hydroxyl groups excluding tert-OH is 1. The zero-order chi connectivity index (χ0) is 13.2. The molecule has 0 aliphatic carbocycles. The molecule has 0 aromatic rings. The summed E-state index contributed by atoms with van der Waals surface area (Å²) in [6.07, 6.45) is 2.87. The van der Waals surface area contributed by atoms with Crippen molar-refractivity contribution >= 4 is 5.91 Å². The van der Waals surface area contributed by atoms with Crippen molar-refractivity contribution in [2.45, 2.75) is 50.9 Å². The van der Waals surface area contributed by atoms with Crippen LogP contribution in [0.5, 0.6) is 0 Å². The SMILES string of the molecule is CC1CN(C(=O)C2(C)CCCCN2)CC(CO)O1. The Labute approximate surface area is 108 Å².